The van der Waals surface area contributed by atoms with E-state index in [1.54, 1.807) is 30.3 Å². The molecule has 1 aliphatic carbocycles. The number of hydrogen-bond acceptors (Lipinski definition) is 3. The van der Waals surface area contributed by atoms with Crippen molar-refractivity contribution in [2.24, 2.45) is 0 Å². The molecule has 4 rings (SSSR count). The van der Waals surface area contributed by atoms with Crippen LogP contribution in [0.15, 0.2) is 48.5 Å². The summed E-state index contributed by atoms with van der Waals surface area (Å²) in [5.74, 6) is -4.15. The first-order valence-corrected chi connectivity index (χ1v) is 14.3. The first-order chi connectivity index (χ1) is 19.4. The minimum atomic E-state index is -1.02. The van der Waals surface area contributed by atoms with Gasteiger partial charge in [0.05, 0.1) is 12.7 Å². The Labute approximate surface area is 234 Å². The minimum Gasteiger partial charge on any atom is -0.490 e. The Morgan fingerprint density at radius 3 is 1.98 bits per heavy atom. The van der Waals surface area contributed by atoms with Crippen LogP contribution in [0.4, 0.5) is 17.6 Å². The Morgan fingerprint density at radius 1 is 0.650 bits per heavy atom. The van der Waals surface area contributed by atoms with Gasteiger partial charge in [-0.1, -0.05) is 57.0 Å². The highest BCUT2D eigenvalue weighted by atomic mass is 19.2. The fourth-order valence-electron chi connectivity index (χ4n) is 5.04. The summed E-state index contributed by atoms with van der Waals surface area (Å²) in [6, 6.07) is 12.6. The van der Waals surface area contributed by atoms with Crippen LogP contribution in [0.3, 0.4) is 0 Å². The second-order valence-electron chi connectivity index (χ2n) is 10.4. The molecule has 0 aliphatic heterocycles. The van der Waals surface area contributed by atoms with E-state index in [1.165, 1.54) is 18.2 Å². The third-order valence-corrected chi connectivity index (χ3v) is 7.50. The first-order valence-electron chi connectivity index (χ1n) is 14.3. The summed E-state index contributed by atoms with van der Waals surface area (Å²) < 4.78 is 75.8. The number of halogens is 4. The molecule has 0 N–H and O–H groups in total. The van der Waals surface area contributed by atoms with Crippen LogP contribution < -0.4 is 9.47 Å². The monoisotopic (exact) mass is 558 g/mol. The molecule has 40 heavy (non-hydrogen) atoms. The summed E-state index contributed by atoms with van der Waals surface area (Å²) in [7, 11) is 0. The van der Waals surface area contributed by atoms with Gasteiger partial charge in [0.15, 0.2) is 23.1 Å². The molecule has 1 saturated carbocycles. The smallest absolute Gasteiger partial charge is 0.201 e. The summed E-state index contributed by atoms with van der Waals surface area (Å²) >= 11 is 0. The molecule has 0 heterocycles. The lowest BCUT2D eigenvalue weighted by Crippen LogP contribution is -2.22. The molecule has 0 bridgehead atoms. The lowest BCUT2D eigenvalue weighted by molar-refractivity contribution is 0.0230. The fourth-order valence-corrected chi connectivity index (χ4v) is 5.04. The van der Waals surface area contributed by atoms with E-state index >= 15 is 0 Å². The molecule has 3 aromatic carbocycles. The van der Waals surface area contributed by atoms with Crippen LogP contribution in [0.1, 0.15) is 82.3 Å². The van der Waals surface area contributed by atoms with Gasteiger partial charge in [-0.05, 0) is 79.3 Å². The van der Waals surface area contributed by atoms with E-state index in [0.717, 1.165) is 58.0 Å². The molecule has 0 atom stereocenters. The maximum atomic E-state index is 15.0. The largest absolute Gasteiger partial charge is 0.490 e. The van der Waals surface area contributed by atoms with E-state index in [1.807, 2.05) is 6.92 Å². The Morgan fingerprint density at radius 2 is 1.27 bits per heavy atom. The molecule has 0 radical (unpaired) electrons. The van der Waals surface area contributed by atoms with Gasteiger partial charge < -0.3 is 14.2 Å². The number of rotatable bonds is 13. The molecule has 0 saturated heterocycles. The van der Waals surface area contributed by atoms with Crippen LogP contribution in [-0.4, -0.2) is 19.3 Å². The van der Waals surface area contributed by atoms with Crippen molar-refractivity contribution in [2.75, 3.05) is 13.2 Å². The molecule has 216 valence electrons. The van der Waals surface area contributed by atoms with Gasteiger partial charge in [-0.15, -0.1) is 0 Å². The summed E-state index contributed by atoms with van der Waals surface area (Å²) in [6.45, 7) is 5.18. The summed E-state index contributed by atoms with van der Waals surface area (Å²) in [5.41, 5.74) is 1.65. The van der Waals surface area contributed by atoms with Gasteiger partial charge in [-0.25, -0.2) is 8.78 Å². The molecular formula is C33H38F4O3. The Hall–Kier alpha value is -3.06. The number of hydrogen-bond donors (Lipinski definition) is 0. The third-order valence-electron chi connectivity index (χ3n) is 7.50. The standard InChI is InChI=1S/C33H38F4O3/c1-3-5-19-38-25-13-11-24(12-14-25)27-16-18-29(33(37)31(27)35)40-21-22-7-9-23(10-8-22)26-15-17-28(32(36)30(26)34)39-20-6-4-2/h7-10,15-18,24-25H,3-6,11-14,19-21H2,1-2H3. The Balaban J connectivity index is 1.35. The normalized spacial score (nSPS) is 17.1. The highest BCUT2D eigenvalue weighted by Crippen LogP contribution is 2.38. The average Bonchev–Trinajstić information content (AvgIpc) is 2.97. The zero-order valence-electron chi connectivity index (χ0n) is 23.3. The van der Waals surface area contributed by atoms with Gasteiger partial charge in [-0.3, -0.25) is 0 Å². The number of ether oxygens (including phenoxy) is 3. The van der Waals surface area contributed by atoms with Crippen molar-refractivity contribution >= 4 is 0 Å². The van der Waals surface area contributed by atoms with Crippen LogP contribution in [0.25, 0.3) is 11.1 Å². The van der Waals surface area contributed by atoms with Gasteiger partial charge in [0.25, 0.3) is 0 Å². The van der Waals surface area contributed by atoms with Gasteiger partial charge in [0.1, 0.15) is 6.61 Å². The highest BCUT2D eigenvalue weighted by molar-refractivity contribution is 5.65. The molecule has 1 aliphatic rings. The lowest BCUT2D eigenvalue weighted by atomic mass is 9.82. The zero-order chi connectivity index (χ0) is 28.5. The molecule has 3 nitrogen and oxygen atoms in total. The van der Waals surface area contributed by atoms with Crippen molar-refractivity contribution in [2.45, 2.75) is 83.8 Å². The van der Waals surface area contributed by atoms with Crippen LogP contribution in [0.2, 0.25) is 0 Å². The zero-order valence-corrected chi connectivity index (χ0v) is 23.3. The maximum Gasteiger partial charge on any atom is 0.201 e. The van der Waals surface area contributed by atoms with Gasteiger partial charge in [0.2, 0.25) is 11.6 Å². The minimum absolute atomic E-state index is 0.00273. The molecule has 0 unspecified atom stereocenters. The fraction of sp³-hybridized carbons (Fsp3) is 0.455. The molecular weight excluding hydrogens is 520 g/mol. The SMILES string of the molecule is CCCCOc1ccc(-c2ccc(COc3ccc(C4CCC(OCCCC)CC4)c(F)c3F)cc2)c(F)c1F. The molecule has 0 amide bonds. The van der Waals surface area contributed by atoms with Crippen molar-refractivity contribution in [1.29, 1.82) is 0 Å². The summed E-state index contributed by atoms with van der Waals surface area (Å²) in [5, 5.41) is 0. The topological polar surface area (TPSA) is 27.7 Å². The van der Waals surface area contributed by atoms with Gasteiger partial charge >= 0.3 is 0 Å². The molecule has 0 aromatic heterocycles. The van der Waals surface area contributed by atoms with Crippen molar-refractivity contribution < 1.29 is 31.8 Å². The van der Waals surface area contributed by atoms with Crippen LogP contribution in [0.5, 0.6) is 11.5 Å². The van der Waals surface area contributed by atoms with E-state index in [2.05, 4.69) is 6.92 Å². The summed E-state index contributed by atoms with van der Waals surface area (Å²) in [6.07, 6.45) is 7.18. The molecule has 7 heteroatoms. The van der Waals surface area contributed by atoms with Crippen molar-refractivity contribution in [3.05, 3.63) is 82.9 Å². The quantitative estimate of drug-likeness (QED) is 0.154. The number of benzene rings is 3. The Kier molecular flexibility index (Phi) is 10.9. The van der Waals surface area contributed by atoms with E-state index in [-0.39, 0.29) is 35.7 Å². The van der Waals surface area contributed by atoms with E-state index in [4.69, 9.17) is 14.2 Å². The Bertz CT molecular complexity index is 1240. The summed E-state index contributed by atoms with van der Waals surface area (Å²) in [4.78, 5) is 0. The average molecular weight is 559 g/mol. The van der Waals surface area contributed by atoms with E-state index < -0.39 is 23.3 Å². The maximum absolute atomic E-state index is 15.0. The van der Waals surface area contributed by atoms with Crippen molar-refractivity contribution in [1.82, 2.24) is 0 Å². The van der Waals surface area contributed by atoms with Crippen molar-refractivity contribution in [3.63, 3.8) is 0 Å². The predicted molar refractivity (Wildman–Crippen MR) is 149 cm³/mol. The van der Waals surface area contributed by atoms with Gasteiger partial charge in [-0.2, -0.15) is 8.78 Å². The lowest BCUT2D eigenvalue weighted by Gasteiger charge is -2.29. The number of unbranched alkanes of at least 4 members (excludes halogenated alkanes) is 2. The second-order valence-corrected chi connectivity index (χ2v) is 10.4. The predicted octanol–water partition coefficient (Wildman–Crippen LogP) is 9.51. The van der Waals surface area contributed by atoms with Crippen molar-refractivity contribution in [3.8, 4) is 22.6 Å². The van der Waals surface area contributed by atoms with E-state index in [0.29, 0.717) is 23.3 Å². The molecule has 1 fully saturated rings. The van der Waals surface area contributed by atoms with Crippen LogP contribution in [-0.2, 0) is 11.3 Å². The van der Waals surface area contributed by atoms with Crippen LogP contribution in [0, 0.1) is 23.3 Å². The van der Waals surface area contributed by atoms with E-state index in [9.17, 15) is 17.6 Å². The molecule has 3 aromatic rings. The van der Waals surface area contributed by atoms with Crippen LogP contribution >= 0.6 is 0 Å². The third kappa shape index (κ3) is 7.36. The highest BCUT2D eigenvalue weighted by Gasteiger charge is 2.27. The first kappa shape index (κ1) is 29.9. The second kappa shape index (κ2) is 14.5. The van der Waals surface area contributed by atoms with Gasteiger partial charge in [0, 0.05) is 12.2 Å². The molecule has 0 spiro atoms.